The molecule has 0 saturated carbocycles. The van der Waals surface area contributed by atoms with Gasteiger partial charge in [-0.25, -0.2) is 13.2 Å². The van der Waals surface area contributed by atoms with Gasteiger partial charge in [-0.2, -0.15) is 4.31 Å². The minimum atomic E-state index is -3.53. The summed E-state index contributed by atoms with van der Waals surface area (Å²) in [4.78, 5) is 12.6. The Labute approximate surface area is 157 Å². The van der Waals surface area contributed by atoms with Gasteiger partial charge in [0.25, 0.3) is 0 Å². The maximum atomic E-state index is 12.8. The average Bonchev–Trinajstić information content (AvgIpc) is 2.98. The van der Waals surface area contributed by atoms with E-state index < -0.39 is 10.0 Å². The van der Waals surface area contributed by atoms with E-state index in [9.17, 15) is 13.2 Å². The minimum Gasteiger partial charge on any atom is -0.462 e. The lowest BCUT2D eigenvalue weighted by atomic mass is 10.2. The number of nitrogens with one attached hydrogen (secondary N) is 1. The van der Waals surface area contributed by atoms with Gasteiger partial charge in [-0.05, 0) is 43.5 Å². The van der Waals surface area contributed by atoms with Gasteiger partial charge >= 0.3 is 5.97 Å². The summed E-state index contributed by atoms with van der Waals surface area (Å²) in [7, 11) is -3.53. The zero-order valence-corrected chi connectivity index (χ0v) is 16.5. The third-order valence-corrected chi connectivity index (χ3v) is 6.89. The summed E-state index contributed by atoms with van der Waals surface area (Å²) in [5.41, 5.74) is 0. The topological polar surface area (TPSA) is 75.7 Å². The molecule has 1 aromatic carbocycles. The number of carbonyl (C=O) groups is 1. The Morgan fingerprint density at radius 3 is 2.84 bits per heavy atom. The highest BCUT2D eigenvalue weighted by Gasteiger charge is 2.28. The molecule has 138 valence electrons. The molecule has 25 heavy (non-hydrogen) atoms. The van der Waals surface area contributed by atoms with Crippen molar-refractivity contribution in [3.05, 3.63) is 29.1 Å². The van der Waals surface area contributed by atoms with Crippen molar-refractivity contribution in [2.75, 3.05) is 26.2 Å². The molecule has 6 nitrogen and oxygen atoms in total. The van der Waals surface area contributed by atoms with Crippen LogP contribution in [0, 0.1) is 0 Å². The standard InChI is InChI=1S/C16H20N2O4S2.ClH/c1-3-22-16(19)15-9-12-8-13(4-5-14(12)23-15)24(20,21)18-7-6-17-11(2)10-18;/h4-5,8-9,11,17H,3,6-7,10H2,1-2H3;1H/t11-;/m1./s1. The van der Waals surface area contributed by atoms with Crippen LogP contribution in [-0.4, -0.2) is 51.0 Å². The molecular formula is C16H21ClN2O4S2. The molecule has 0 amide bonds. The highest BCUT2D eigenvalue weighted by atomic mass is 35.5. The van der Waals surface area contributed by atoms with Gasteiger partial charge in [-0.15, -0.1) is 23.7 Å². The lowest BCUT2D eigenvalue weighted by molar-refractivity contribution is 0.0532. The summed E-state index contributed by atoms with van der Waals surface area (Å²) in [6.07, 6.45) is 0. The quantitative estimate of drug-likeness (QED) is 0.792. The minimum absolute atomic E-state index is 0. The fraction of sp³-hybridized carbons (Fsp3) is 0.438. The lowest BCUT2D eigenvalue weighted by Gasteiger charge is -2.31. The van der Waals surface area contributed by atoms with Crippen molar-refractivity contribution in [2.24, 2.45) is 0 Å². The largest absolute Gasteiger partial charge is 0.462 e. The van der Waals surface area contributed by atoms with E-state index >= 15 is 0 Å². The highest BCUT2D eigenvalue weighted by molar-refractivity contribution is 7.89. The van der Waals surface area contributed by atoms with Crippen molar-refractivity contribution in [3.63, 3.8) is 0 Å². The fourth-order valence-corrected chi connectivity index (χ4v) is 5.25. The van der Waals surface area contributed by atoms with Crippen LogP contribution in [0.5, 0.6) is 0 Å². The number of fused-ring (bicyclic) bond motifs is 1. The Morgan fingerprint density at radius 2 is 2.16 bits per heavy atom. The molecule has 1 fully saturated rings. The summed E-state index contributed by atoms with van der Waals surface area (Å²) in [6.45, 7) is 5.60. The Morgan fingerprint density at radius 1 is 1.40 bits per heavy atom. The number of rotatable bonds is 4. The van der Waals surface area contributed by atoms with E-state index in [1.807, 2.05) is 6.92 Å². The maximum absolute atomic E-state index is 12.8. The molecule has 0 unspecified atom stereocenters. The molecule has 1 aliphatic rings. The summed E-state index contributed by atoms with van der Waals surface area (Å²) < 4.78 is 33.0. The van der Waals surface area contributed by atoms with Gasteiger partial charge in [-0.3, -0.25) is 0 Å². The molecule has 0 radical (unpaired) electrons. The first-order chi connectivity index (χ1) is 11.4. The average molecular weight is 405 g/mol. The number of ether oxygens (including phenoxy) is 1. The number of piperazine rings is 1. The molecule has 2 heterocycles. The summed E-state index contributed by atoms with van der Waals surface area (Å²) in [6, 6.07) is 6.82. The zero-order valence-electron chi connectivity index (χ0n) is 14.0. The van der Waals surface area contributed by atoms with Gasteiger partial charge in [0.05, 0.1) is 11.5 Å². The third kappa shape index (κ3) is 4.15. The number of esters is 1. The van der Waals surface area contributed by atoms with Crippen molar-refractivity contribution in [1.82, 2.24) is 9.62 Å². The van der Waals surface area contributed by atoms with E-state index in [-0.39, 0.29) is 29.3 Å². The second kappa shape index (κ2) is 8.01. The molecule has 2 aromatic rings. The molecule has 1 aromatic heterocycles. The van der Waals surface area contributed by atoms with Crippen LogP contribution >= 0.6 is 23.7 Å². The van der Waals surface area contributed by atoms with E-state index in [0.717, 1.165) is 10.1 Å². The number of sulfonamides is 1. The van der Waals surface area contributed by atoms with Crippen molar-refractivity contribution in [2.45, 2.75) is 24.8 Å². The van der Waals surface area contributed by atoms with E-state index in [1.165, 1.54) is 15.6 Å². The van der Waals surface area contributed by atoms with Crippen LogP contribution in [0.25, 0.3) is 10.1 Å². The van der Waals surface area contributed by atoms with Gasteiger partial charge in [0.15, 0.2) is 0 Å². The summed E-state index contributed by atoms with van der Waals surface area (Å²) in [5.74, 6) is -0.376. The first-order valence-electron chi connectivity index (χ1n) is 7.86. The number of thiophene rings is 1. The summed E-state index contributed by atoms with van der Waals surface area (Å²) in [5, 5.41) is 3.98. The first kappa shape index (κ1) is 20.1. The van der Waals surface area contributed by atoms with Gasteiger partial charge < -0.3 is 10.1 Å². The molecule has 1 aliphatic heterocycles. The van der Waals surface area contributed by atoms with Crippen LogP contribution in [0.4, 0.5) is 0 Å². The molecule has 0 aliphatic carbocycles. The number of hydrogen-bond donors (Lipinski definition) is 1. The fourth-order valence-electron chi connectivity index (χ4n) is 2.75. The van der Waals surface area contributed by atoms with E-state index in [2.05, 4.69) is 5.32 Å². The predicted octanol–water partition coefficient (Wildman–Crippen LogP) is 2.48. The second-order valence-electron chi connectivity index (χ2n) is 5.75. The van der Waals surface area contributed by atoms with E-state index in [4.69, 9.17) is 4.74 Å². The van der Waals surface area contributed by atoms with Gasteiger partial charge in [-0.1, -0.05) is 0 Å². The molecular weight excluding hydrogens is 384 g/mol. The Hall–Kier alpha value is -1.19. The Kier molecular flexibility index (Phi) is 6.45. The lowest BCUT2D eigenvalue weighted by Crippen LogP contribution is -2.51. The van der Waals surface area contributed by atoms with Crippen LogP contribution in [0.2, 0.25) is 0 Å². The smallest absolute Gasteiger partial charge is 0.348 e. The number of benzene rings is 1. The highest BCUT2D eigenvalue weighted by Crippen LogP contribution is 2.29. The van der Waals surface area contributed by atoms with Crippen LogP contribution in [0.15, 0.2) is 29.2 Å². The summed E-state index contributed by atoms with van der Waals surface area (Å²) >= 11 is 1.31. The van der Waals surface area contributed by atoms with Gasteiger partial charge in [0.2, 0.25) is 10.0 Å². The van der Waals surface area contributed by atoms with E-state index in [0.29, 0.717) is 31.1 Å². The van der Waals surface area contributed by atoms with E-state index in [1.54, 1.807) is 31.2 Å². The SMILES string of the molecule is CCOC(=O)c1cc2cc(S(=O)(=O)N3CCN[C@H](C)C3)ccc2s1.Cl. The van der Waals surface area contributed by atoms with Crippen LogP contribution in [0.3, 0.4) is 0 Å². The molecule has 1 N–H and O–H groups in total. The maximum Gasteiger partial charge on any atom is 0.348 e. The Bertz CT molecular complexity index is 866. The molecule has 0 bridgehead atoms. The van der Waals surface area contributed by atoms with Crippen LogP contribution in [0.1, 0.15) is 23.5 Å². The number of carbonyl (C=O) groups excluding carboxylic acids is 1. The van der Waals surface area contributed by atoms with Crippen LogP contribution < -0.4 is 5.32 Å². The number of hydrogen-bond acceptors (Lipinski definition) is 6. The van der Waals surface area contributed by atoms with Gasteiger partial charge in [0.1, 0.15) is 4.88 Å². The molecule has 3 rings (SSSR count). The molecule has 1 atom stereocenters. The third-order valence-electron chi connectivity index (χ3n) is 3.93. The van der Waals surface area contributed by atoms with Crippen molar-refractivity contribution in [3.8, 4) is 0 Å². The number of nitrogens with zero attached hydrogens (tertiary/aromatic N) is 1. The first-order valence-corrected chi connectivity index (χ1v) is 10.1. The monoisotopic (exact) mass is 404 g/mol. The predicted molar refractivity (Wildman–Crippen MR) is 101 cm³/mol. The normalized spacial score (nSPS) is 18.7. The zero-order chi connectivity index (χ0) is 17.3. The Balaban J connectivity index is 0.00000225. The van der Waals surface area contributed by atoms with Crippen molar-refractivity contribution >= 4 is 49.8 Å². The molecule has 1 saturated heterocycles. The molecule has 9 heteroatoms. The van der Waals surface area contributed by atoms with Crippen molar-refractivity contribution < 1.29 is 17.9 Å². The molecule has 0 spiro atoms. The number of halogens is 1. The second-order valence-corrected chi connectivity index (χ2v) is 8.77. The van der Waals surface area contributed by atoms with Crippen LogP contribution in [-0.2, 0) is 14.8 Å². The van der Waals surface area contributed by atoms with Gasteiger partial charge in [0, 0.05) is 30.4 Å². The van der Waals surface area contributed by atoms with Crippen molar-refractivity contribution in [1.29, 1.82) is 0 Å².